The molecule has 1 aliphatic heterocycles. The summed E-state index contributed by atoms with van der Waals surface area (Å²) in [7, 11) is 1.83. The Balaban J connectivity index is 1.90. The molecule has 20 heavy (non-hydrogen) atoms. The third-order valence-corrected chi connectivity index (χ3v) is 3.99. The summed E-state index contributed by atoms with van der Waals surface area (Å²) in [6.07, 6.45) is 3.90. The van der Waals surface area contributed by atoms with E-state index < -0.39 is 0 Å². The Morgan fingerprint density at radius 3 is 2.80 bits per heavy atom. The van der Waals surface area contributed by atoms with E-state index in [-0.39, 0.29) is 11.9 Å². The van der Waals surface area contributed by atoms with Gasteiger partial charge >= 0.3 is 0 Å². The first-order valence-corrected chi connectivity index (χ1v) is 7.03. The van der Waals surface area contributed by atoms with Crippen LogP contribution in [0.15, 0.2) is 36.5 Å². The molecule has 0 spiro atoms. The molecule has 0 radical (unpaired) electrons. The molecule has 0 aliphatic carbocycles. The van der Waals surface area contributed by atoms with Crippen molar-refractivity contribution in [2.75, 3.05) is 6.54 Å². The molecular weight excluding hydrogens is 250 g/mol. The van der Waals surface area contributed by atoms with Crippen LogP contribution in [0.2, 0.25) is 0 Å². The zero-order valence-electron chi connectivity index (χ0n) is 11.9. The number of aromatic nitrogens is 2. The summed E-state index contributed by atoms with van der Waals surface area (Å²) in [6.45, 7) is 2.92. The summed E-state index contributed by atoms with van der Waals surface area (Å²) in [5.74, 6) is 0.0383. The fraction of sp³-hybridized carbons (Fsp3) is 0.375. The van der Waals surface area contributed by atoms with Crippen molar-refractivity contribution < 1.29 is 4.79 Å². The highest BCUT2D eigenvalue weighted by molar-refractivity contribution is 5.92. The lowest BCUT2D eigenvalue weighted by atomic mass is 9.99. The van der Waals surface area contributed by atoms with Gasteiger partial charge in [0.1, 0.15) is 5.69 Å². The summed E-state index contributed by atoms with van der Waals surface area (Å²) in [5.41, 5.74) is 3.04. The molecule has 1 aromatic carbocycles. The second kappa shape index (κ2) is 5.12. The lowest BCUT2D eigenvalue weighted by molar-refractivity contribution is 0.0728. The zero-order chi connectivity index (χ0) is 14.1. The van der Waals surface area contributed by atoms with Gasteiger partial charge in [0, 0.05) is 19.8 Å². The Hall–Kier alpha value is -2.10. The summed E-state index contributed by atoms with van der Waals surface area (Å²) >= 11 is 0. The van der Waals surface area contributed by atoms with Crippen molar-refractivity contribution in [3.8, 4) is 0 Å². The average Bonchev–Trinajstić information content (AvgIpc) is 3.07. The van der Waals surface area contributed by atoms with Gasteiger partial charge in [0.15, 0.2) is 0 Å². The third-order valence-electron chi connectivity index (χ3n) is 3.99. The number of rotatable bonds is 2. The standard InChI is InChI=1S/C16H19N3O/c1-12-6-3-4-7-13(12)15-8-5-10-19(15)16(20)14-9-11-18(2)17-14/h3-4,6-7,9,11,15H,5,8,10H2,1-2H3/t15-/m0/s1. The SMILES string of the molecule is Cc1ccccc1[C@@H]1CCCN1C(=O)c1ccn(C)n1. The van der Waals surface area contributed by atoms with Crippen molar-refractivity contribution in [3.63, 3.8) is 0 Å². The van der Waals surface area contributed by atoms with Gasteiger partial charge in [0.25, 0.3) is 5.91 Å². The second-order valence-corrected chi connectivity index (χ2v) is 5.39. The molecule has 4 heteroatoms. The summed E-state index contributed by atoms with van der Waals surface area (Å²) in [5, 5.41) is 4.23. The molecule has 0 bridgehead atoms. The van der Waals surface area contributed by atoms with Crippen molar-refractivity contribution in [1.82, 2.24) is 14.7 Å². The van der Waals surface area contributed by atoms with Crippen LogP contribution in [0.4, 0.5) is 0 Å². The maximum absolute atomic E-state index is 12.6. The molecule has 1 atom stereocenters. The van der Waals surface area contributed by atoms with Gasteiger partial charge in [-0.05, 0) is 37.0 Å². The van der Waals surface area contributed by atoms with E-state index >= 15 is 0 Å². The van der Waals surface area contributed by atoms with Crippen LogP contribution in [0, 0.1) is 6.92 Å². The van der Waals surface area contributed by atoms with Gasteiger partial charge in [-0.1, -0.05) is 24.3 Å². The Bertz CT molecular complexity index is 632. The van der Waals surface area contributed by atoms with E-state index in [0.717, 1.165) is 19.4 Å². The Morgan fingerprint density at radius 1 is 1.30 bits per heavy atom. The van der Waals surface area contributed by atoms with Crippen LogP contribution in [0.3, 0.4) is 0 Å². The first-order chi connectivity index (χ1) is 9.66. The first kappa shape index (κ1) is 12.9. The smallest absolute Gasteiger partial charge is 0.274 e. The highest BCUT2D eigenvalue weighted by Crippen LogP contribution is 2.34. The van der Waals surface area contributed by atoms with Crippen molar-refractivity contribution in [2.45, 2.75) is 25.8 Å². The summed E-state index contributed by atoms with van der Waals surface area (Å²) in [6, 6.07) is 10.3. The Morgan fingerprint density at radius 2 is 2.10 bits per heavy atom. The molecule has 3 rings (SSSR count). The first-order valence-electron chi connectivity index (χ1n) is 7.03. The minimum absolute atomic E-state index is 0.0383. The fourth-order valence-electron chi connectivity index (χ4n) is 2.97. The molecule has 0 N–H and O–H groups in total. The van der Waals surface area contributed by atoms with Crippen LogP contribution in [-0.2, 0) is 7.05 Å². The molecule has 2 heterocycles. The molecule has 4 nitrogen and oxygen atoms in total. The fourth-order valence-corrected chi connectivity index (χ4v) is 2.97. The van der Waals surface area contributed by atoms with Crippen LogP contribution in [0.25, 0.3) is 0 Å². The van der Waals surface area contributed by atoms with Crippen LogP contribution in [0.5, 0.6) is 0 Å². The molecule has 0 unspecified atom stereocenters. The number of amides is 1. The molecule has 1 fully saturated rings. The highest BCUT2D eigenvalue weighted by atomic mass is 16.2. The predicted octanol–water partition coefficient (Wildman–Crippen LogP) is 2.71. The minimum atomic E-state index is 0.0383. The molecule has 2 aromatic rings. The van der Waals surface area contributed by atoms with Crippen LogP contribution < -0.4 is 0 Å². The van der Waals surface area contributed by atoms with Gasteiger partial charge in [0.05, 0.1) is 6.04 Å². The molecule has 1 amide bonds. The van der Waals surface area contributed by atoms with Gasteiger partial charge in [0.2, 0.25) is 0 Å². The number of hydrogen-bond acceptors (Lipinski definition) is 2. The Labute approximate surface area is 119 Å². The quantitative estimate of drug-likeness (QED) is 0.840. The van der Waals surface area contributed by atoms with E-state index in [0.29, 0.717) is 5.69 Å². The topological polar surface area (TPSA) is 38.1 Å². The molecule has 1 aromatic heterocycles. The minimum Gasteiger partial charge on any atom is -0.330 e. The molecular formula is C16H19N3O. The highest BCUT2D eigenvalue weighted by Gasteiger charge is 2.32. The van der Waals surface area contributed by atoms with Gasteiger partial charge in [-0.3, -0.25) is 9.48 Å². The van der Waals surface area contributed by atoms with Gasteiger partial charge in [-0.25, -0.2) is 0 Å². The third kappa shape index (κ3) is 2.22. The predicted molar refractivity (Wildman–Crippen MR) is 77.4 cm³/mol. The Kier molecular flexibility index (Phi) is 3.30. The number of aryl methyl sites for hydroxylation is 2. The van der Waals surface area contributed by atoms with E-state index in [2.05, 4.69) is 24.2 Å². The number of nitrogens with zero attached hydrogens (tertiary/aromatic N) is 3. The van der Waals surface area contributed by atoms with Crippen LogP contribution in [0.1, 0.15) is 40.5 Å². The monoisotopic (exact) mass is 269 g/mol. The van der Waals surface area contributed by atoms with Gasteiger partial charge < -0.3 is 4.90 Å². The van der Waals surface area contributed by atoms with Gasteiger partial charge in [-0.2, -0.15) is 5.10 Å². The van der Waals surface area contributed by atoms with Crippen LogP contribution >= 0.6 is 0 Å². The lowest BCUT2D eigenvalue weighted by Crippen LogP contribution is -2.31. The van der Waals surface area contributed by atoms with E-state index in [1.807, 2.05) is 30.3 Å². The van der Waals surface area contributed by atoms with E-state index in [1.54, 1.807) is 10.7 Å². The number of hydrogen-bond donors (Lipinski definition) is 0. The summed E-state index contributed by atoms with van der Waals surface area (Å²) in [4.78, 5) is 14.6. The molecule has 0 saturated carbocycles. The largest absolute Gasteiger partial charge is 0.330 e. The molecule has 1 aliphatic rings. The maximum Gasteiger partial charge on any atom is 0.274 e. The van der Waals surface area contributed by atoms with E-state index in [9.17, 15) is 4.79 Å². The lowest BCUT2D eigenvalue weighted by Gasteiger charge is -2.25. The number of carbonyl (C=O) groups is 1. The molecule has 104 valence electrons. The van der Waals surface area contributed by atoms with Gasteiger partial charge in [-0.15, -0.1) is 0 Å². The number of carbonyl (C=O) groups excluding carboxylic acids is 1. The maximum atomic E-state index is 12.6. The van der Waals surface area contributed by atoms with Crippen molar-refractivity contribution >= 4 is 5.91 Å². The average molecular weight is 269 g/mol. The summed E-state index contributed by atoms with van der Waals surface area (Å²) < 4.78 is 1.67. The van der Waals surface area contributed by atoms with E-state index in [1.165, 1.54) is 11.1 Å². The van der Waals surface area contributed by atoms with Crippen molar-refractivity contribution in [2.24, 2.45) is 7.05 Å². The second-order valence-electron chi connectivity index (χ2n) is 5.39. The van der Waals surface area contributed by atoms with Crippen LogP contribution in [-0.4, -0.2) is 27.1 Å². The van der Waals surface area contributed by atoms with E-state index in [4.69, 9.17) is 0 Å². The van der Waals surface area contributed by atoms with Crippen molar-refractivity contribution in [3.05, 3.63) is 53.3 Å². The normalized spacial score (nSPS) is 18.5. The zero-order valence-corrected chi connectivity index (χ0v) is 11.9. The number of likely N-dealkylation sites (tertiary alicyclic amines) is 1. The molecule has 1 saturated heterocycles. The van der Waals surface area contributed by atoms with Crippen molar-refractivity contribution in [1.29, 1.82) is 0 Å². The number of benzene rings is 1.